The first-order chi connectivity index (χ1) is 11.7. The highest BCUT2D eigenvalue weighted by Gasteiger charge is 2.48. The number of fused-ring (bicyclic) bond motifs is 3. The predicted octanol–water partition coefficient (Wildman–Crippen LogP) is 2.89. The molecule has 2 aliphatic rings. The van der Waals surface area contributed by atoms with Gasteiger partial charge < -0.3 is 9.64 Å². The van der Waals surface area contributed by atoms with E-state index in [1.807, 2.05) is 60.7 Å². The molecule has 0 spiro atoms. The van der Waals surface area contributed by atoms with Crippen molar-refractivity contribution in [3.05, 3.63) is 77.9 Å². The van der Waals surface area contributed by atoms with Crippen molar-refractivity contribution in [1.82, 2.24) is 0 Å². The number of esters is 1. The molecule has 0 aromatic heterocycles. The maximum Gasteiger partial charge on any atom is 0.312 e. The standard InChI is InChI=1S/C20H17NO3/c1-24-20(23)19-16-11-12-17(22)21(16)15-10-6-5-9-14(15)18(19)13-7-3-2-4-8-13/h2-12,16,18-19H,1H3/t16-,18+,19+/m1/s1. The molecule has 0 radical (unpaired) electrons. The zero-order valence-electron chi connectivity index (χ0n) is 13.3. The zero-order chi connectivity index (χ0) is 16.7. The summed E-state index contributed by atoms with van der Waals surface area (Å²) in [7, 11) is 1.40. The Hall–Kier alpha value is -2.88. The highest BCUT2D eigenvalue weighted by Crippen LogP contribution is 2.47. The molecule has 1 amide bonds. The number of anilines is 1. The van der Waals surface area contributed by atoms with Gasteiger partial charge >= 0.3 is 5.97 Å². The van der Waals surface area contributed by atoms with Crippen LogP contribution in [-0.4, -0.2) is 25.0 Å². The zero-order valence-corrected chi connectivity index (χ0v) is 13.3. The van der Waals surface area contributed by atoms with Crippen molar-refractivity contribution in [2.45, 2.75) is 12.0 Å². The van der Waals surface area contributed by atoms with Gasteiger partial charge in [0.05, 0.1) is 19.1 Å². The molecule has 0 unspecified atom stereocenters. The van der Waals surface area contributed by atoms with Gasteiger partial charge in [0.25, 0.3) is 5.91 Å². The van der Waals surface area contributed by atoms with Crippen LogP contribution in [0.2, 0.25) is 0 Å². The van der Waals surface area contributed by atoms with Gasteiger partial charge in [0.2, 0.25) is 0 Å². The first kappa shape index (κ1) is 14.7. The Morgan fingerprint density at radius 1 is 1.04 bits per heavy atom. The fourth-order valence-corrected chi connectivity index (χ4v) is 3.87. The van der Waals surface area contributed by atoms with E-state index in [0.717, 1.165) is 16.8 Å². The second-order valence-electron chi connectivity index (χ2n) is 6.05. The SMILES string of the molecule is COC(=O)[C@@H]1[C@@H](c2ccccc2)c2ccccc2N2C(=O)C=C[C@H]12. The molecule has 0 saturated carbocycles. The van der Waals surface area contributed by atoms with Gasteiger partial charge in [-0.3, -0.25) is 9.59 Å². The number of para-hydroxylation sites is 1. The van der Waals surface area contributed by atoms with Crippen LogP contribution in [0.4, 0.5) is 5.69 Å². The van der Waals surface area contributed by atoms with Gasteiger partial charge in [0.15, 0.2) is 0 Å². The Morgan fingerprint density at radius 2 is 1.75 bits per heavy atom. The van der Waals surface area contributed by atoms with Crippen molar-refractivity contribution >= 4 is 17.6 Å². The molecule has 0 N–H and O–H groups in total. The molecule has 0 fully saturated rings. The van der Waals surface area contributed by atoms with E-state index in [0.29, 0.717) is 0 Å². The lowest BCUT2D eigenvalue weighted by molar-refractivity contribution is -0.146. The van der Waals surface area contributed by atoms with Gasteiger partial charge in [0, 0.05) is 17.7 Å². The van der Waals surface area contributed by atoms with Crippen LogP contribution in [0.3, 0.4) is 0 Å². The molecule has 0 saturated heterocycles. The van der Waals surface area contributed by atoms with Gasteiger partial charge in [-0.1, -0.05) is 54.6 Å². The van der Waals surface area contributed by atoms with Crippen molar-refractivity contribution in [3.8, 4) is 0 Å². The number of carbonyl (C=O) groups is 2. The Balaban J connectivity index is 1.96. The number of amides is 1. The second kappa shape index (κ2) is 5.64. The quantitative estimate of drug-likeness (QED) is 0.800. The summed E-state index contributed by atoms with van der Waals surface area (Å²) in [6.45, 7) is 0. The van der Waals surface area contributed by atoms with Crippen molar-refractivity contribution in [1.29, 1.82) is 0 Å². The fourth-order valence-electron chi connectivity index (χ4n) is 3.87. The summed E-state index contributed by atoms with van der Waals surface area (Å²) in [6.07, 6.45) is 3.36. The van der Waals surface area contributed by atoms with Crippen LogP contribution >= 0.6 is 0 Å². The number of ether oxygens (including phenoxy) is 1. The van der Waals surface area contributed by atoms with Crippen molar-refractivity contribution in [2.24, 2.45) is 5.92 Å². The van der Waals surface area contributed by atoms with E-state index in [9.17, 15) is 9.59 Å². The summed E-state index contributed by atoms with van der Waals surface area (Å²) in [5, 5.41) is 0. The highest BCUT2D eigenvalue weighted by atomic mass is 16.5. The van der Waals surface area contributed by atoms with Crippen molar-refractivity contribution < 1.29 is 14.3 Å². The molecule has 4 rings (SSSR count). The van der Waals surface area contributed by atoms with Gasteiger partial charge in [-0.15, -0.1) is 0 Å². The fraction of sp³-hybridized carbons (Fsp3) is 0.200. The van der Waals surface area contributed by atoms with Gasteiger partial charge in [-0.05, 0) is 17.2 Å². The molecule has 2 aromatic rings. The molecular weight excluding hydrogens is 302 g/mol. The maximum atomic E-state index is 12.6. The topological polar surface area (TPSA) is 46.6 Å². The molecule has 0 bridgehead atoms. The van der Waals surface area contributed by atoms with E-state index in [4.69, 9.17) is 4.74 Å². The molecule has 4 nitrogen and oxygen atoms in total. The number of benzene rings is 2. The number of methoxy groups -OCH3 is 1. The molecule has 3 atom stereocenters. The molecule has 0 aliphatic carbocycles. The minimum absolute atomic E-state index is 0.0899. The number of nitrogens with zero attached hydrogens (tertiary/aromatic N) is 1. The third kappa shape index (κ3) is 2.07. The summed E-state index contributed by atoms with van der Waals surface area (Å²) in [5.41, 5.74) is 2.90. The maximum absolute atomic E-state index is 12.6. The van der Waals surface area contributed by atoms with Crippen LogP contribution in [0, 0.1) is 5.92 Å². The number of rotatable bonds is 2. The normalized spacial score (nSPS) is 24.5. The molecular formula is C20H17NO3. The number of hydrogen-bond donors (Lipinski definition) is 0. The number of carbonyl (C=O) groups excluding carboxylic acids is 2. The van der Waals surface area contributed by atoms with E-state index < -0.39 is 5.92 Å². The molecule has 4 heteroatoms. The lowest BCUT2D eigenvalue weighted by Gasteiger charge is -2.41. The Kier molecular flexibility index (Phi) is 3.45. The van der Waals surface area contributed by atoms with E-state index in [2.05, 4.69) is 0 Å². The van der Waals surface area contributed by atoms with Crippen LogP contribution < -0.4 is 4.90 Å². The van der Waals surface area contributed by atoms with E-state index in [-0.39, 0.29) is 23.8 Å². The van der Waals surface area contributed by atoms with Crippen LogP contribution in [0.1, 0.15) is 17.0 Å². The van der Waals surface area contributed by atoms with Crippen LogP contribution in [0.5, 0.6) is 0 Å². The largest absolute Gasteiger partial charge is 0.469 e. The van der Waals surface area contributed by atoms with Crippen LogP contribution in [0.25, 0.3) is 0 Å². The van der Waals surface area contributed by atoms with Gasteiger partial charge in [-0.25, -0.2) is 0 Å². The first-order valence-corrected chi connectivity index (χ1v) is 7.95. The third-order valence-electron chi connectivity index (χ3n) is 4.86. The lowest BCUT2D eigenvalue weighted by atomic mass is 9.73. The summed E-state index contributed by atoms with van der Waals surface area (Å²) in [5.74, 6) is -0.998. The molecule has 2 aliphatic heterocycles. The molecule has 120 valence electrons. The molecule has 2 heterocycles. The Labute approximate surface area is 140 Å². The first-order valence-electron chi connectivity index (χ1n) is 7.95. The smallest absolute Gasteiger partial charge is 0.312 e. The van der Waals surface area contributed by atoms with E-state index in [1.165, 1.54) is 7.11 Å². The molecule has 24 heavy (non-hydrogen) atoms. The Morgan fingerprint density at radius 3 is 2.50 bits per heavy atom. The average molecular weight is 319 g/mol. The van der Waals surface area contributed by atoms with Crippen molar-refractivity contribution in [3.63, 3.8) is 0 Å². The minimum Gasteiger partial charge on any atom is -0.469 e. The van der Waals surface area contributed by atoms with Crippen molar-refractivity contribution in [2.75, 3.05) is 12.0 Å². The number of hydrogen-bond acceptors (Lipinski definition) is 3. The summed E-state index contributed by atoms with van der Waals surface area (Å²) in [6, 6.07) is 17.4. The minimum atomic E-state index is -0.463. The third-order valence-corrected chi connectivity index (χ3v) is 4.86. The van der Waals surface area contributed by atoms with Crippen LogP contribution in [-0.2, 0) is 14.3 Å². The van der Waals surface area contributed by atoms with Crippen LogP contribution in [0.15, 0.2) is 66.7 Å². The predicted molar refractivity (Wildman–Crippen MR) is 90.6 cm³/mol. The summed E-state index contributed by atoms with van der Waals surface area (Å²) < 4.78 is 5.09. The summed E-state index contributed by atoms with van der Waals surface area (Å²) in [4.78, 5) is 26.7. The average Bonchev–Trinajstić information content (AvgIpc) is 3.02. The monoisotopic (exact) mass is 319 g/mol. The highest BCUT2D eigenvalue weighted by molar-refractivity contribution is 6.07. The summed E-state index contributed by atoms with van der Waals surface area (Å²) >= 11 is 0. The Bertz CT molecular complexity index is 828. The van der Waals surface area contributed by atoms with E-state index >= 15 is 0 Å². The lowest BCUT2D eigenvalue weighted by Crippen LogP contribution is -2.49. The van der Waals surface area contributed by atoms with E-state index in [1.54, 1.807) is 11.0 Å². The second-order valence-corrected chi connectivity index (χ2v) is 6.05. The van der Waals surface area contributed by atoms with Gasteiger partial charge in [0.1, 0.15) is 0 Å². The van der Waals surface area contributed by atoms with Gasteiger partial charge in [-0.2, -0.15) is 0 Å². The molecule has 2 aromatic carbocycles.